The highest BCUT2D eigenvalue weighted by Gasteiger charge is 2.35. The van der Waals surface area contributed by atoms with E-state index in [9.17, 15) is 19.2 Å². The highest BCUT2D eigenvalue weighted by atomic mass is 16.8. The Hall–Kier alpha value is -5.90. The number of benzene rings is 4. The summed E-state index contributed by atoms with van der Waals surface area (Å²) in [4.78, 5) is 59.4. The van der Waals surface area contributed by atoms with Gasteiger partial charge in [0.25, 0.3) is 5.91 Å². The Labute approximate surface area is 330 Å². The van der Waals surface area contributed by atoms with Crippen molar-refractivity contribution in [2.45, 2.75) is 51.4 Å². The molecule has 1 fully saturated rings. The van der Waals surface area contributed by atoms with Crippen molar-refractivity contribution in [1.29, 1.82) is 0 Å². The smallest absolute Gasteiger partial charge is 0.493 e. The molecule has 0 bridgehead atoms. The second-order valence-electron chi connectivity index (χ2n) is 14.0. The summed E-state index contributed by atoms with van der Waals surface area (Å²) >= 11 is 0. The minimum Gasteiger partial charge on any atom is -0.493 e. The molecule has 1 heterocycles. The fourth-order valence-corrected chi connectivity index (χ4v) is 6.12. The number of fused-ring (bicyclic) bond motifs is 1. The molecule has 1 N–H and O–H groups in total. The summed E-state index contributed by atoms with van der Waals surface area (Å²) in [5.41, 5.74) is 0.191. The number of ketones is 1. The molecule has 0 spiro atoms. The van der Waals surface area contributed by atoms with Crippen LogP contribution in [-0.4, -0.2) is 102 Å². The molecule has 5 rings (SSSR count). The fraction of sp³-hybridized carbons (Fsp3) is 0.381. The monoisotopic (exact) mass is 788 g/mol. The quantitative estimate of drug-likeness (QED) is 0.0805. The predicted octanol–water partition coefficient (Wildman–Crippen LogP) is 6.34. The van der Waals surface area contributed by atoms with Crippen molar-refractivity contribution in [3.8, 4) is 23.0 Å². The average Bonchev–Trinajstić information content (AvgIpc) is 3.37. The molecule has 0 aliphatic carbocycles. The zero-order chi connectivity index (χ0) is 41.1. The number of hydrogen-bond donors (Lipinski definition) is 1. The van der Waals surface area contributed by atoms with Crippen molar-refractivity contribution < 1.29 is 61.9 Å². The minimum absolute atomic E-state index is 0.0428. The number of ether oxygens (including phenoxy) is 8. The molecular formula is C42H48N2O13. The Morgan fingerprint density at radius 1 is 0.754 bits per heavy atom. The SMILES string of the molecule is COCOc1cc2ccccc2cc1C(=O)c1ccc(C(=O)O[C@@H]2CCCN(OC(=O)OC(C)(C)C)C[C@H]2NC(=O)c2cc(OC)c(OCOC)c(OC)c2)cc1. The number of esters is 1. The van der Waals surface area contributed by atoms with Crippen LogP contribution in [0.15, 0.2) is 72.8 Å². The van der Waals surface area contributed by atoms with Gasteiger partial charge in [-0.1, -0.05) is 36.4 Å². The zero-order valence-corrected chi connectivity index (χ0v) is 33.1. The van der Waals surface area contributed by atoms with Crippen molar-refractivity contribution >= 4 is 34.6 Å². The Kier molecular flexibility index (Phi) is 14.3. The molecule has 4 aromatic carbocycles. The van der Waals surface area contributed by atoms with Crippen LogP contribution in [0, 0.1) is 0 Å². The van der Waals surface area contributed by atoms with E-state index in [1.807, 2.05) is 24.3 Å². The first-order valence-electron chi connectivity index (χ1n) is 18.2. The lowest BCUT2D eigenvalue weighted by Gasteiger charge is -2.29. The number of hydroxylamine groups is 2. The number of carbonyl (C=O) groups is 4. The summed E-state index contributed by atoms with van der Waals surface area (Å²) < 4.78 is 43.8. The van der Waals surface area contributed by atoms with Crippen LogP contribution in [0.3, 0.4) is 0 Å². The first kappa shape index (κ1) is 42.2. The molecule has 4 aromatic rings. The summed E-state index contributed by atoms with van der Waals surface area (Å²) in [6.07, 6.45) is -1.03. The molecule has 15 nitrogen and oxygen atoms in total. The molecule has 0 aromatic heterocycles. The lowest BCUT2D eigenvalue weighted by atomic mass is 9.98. The third-order valence-electron chi connectivity index (χ3n) is 8.76. The first-order chi connectivity index (χ1) is 27.3. The lowest BCUT2D eigenvalue weighted by Crippen LogP contribution is -2.50. The van der Waals surface area contributed by atoms with Crippen molar-refractivity contribution in [3.05, 3.63) is 95.1 Å². The van der Waals surface area contributed by atoms with Gasteiger partial charge in [0.15, 0.2) is 30.9 Å². The second kappa shape index (κ2) is 19.3. The number of hydrogen-bond acceptors (Lipinski definition) is 14. The van der Waals surface area contributed by atoms with Crippen LogP contribution in [0.1, 0.15) is 70.3 Å². The van der Waals surface area contributed by atoms with Gasteiger partial charge < -0.3 is 48.0 Å². The van der Waals surface area contributed by atoms with Crippen LogP contribution in [0.5, 0.6) is 23.0 Å². The first-order valence-corrected chi connectivity index (χ1v) is 18.2. The Morgan fingerprint density at radius 2 is 1.37 bits per heavy atom. The maximum Gasteiger partial charge on any atom is 0.528 e. The lowest BCUT2D eigenvalue weighted by molar-refractivity contribution is -0.144. The van der Waals surface area contributed by atoms with E-state index in [1.54, 1.807) is 32.9 Å². The molecule has 0 saturated carbocycles. The topological polar surface area (TPSA) is 167 Å². The van der Waals surface area contributed by atoms with Crippen LogP contribution >= 0.6 is 0 Å². The fourth-order valence-electron chi connectivity index (χ4n) is 6.12. The van der Waals surface area contributed by atoms with Crippen LogP contribution in [-0.2, 0) is 23.8 Å². The maximum atomic E-state index is 13.9. The summed E-state index contributed by atoms with van der Waals surface area (Å²) in [6, 6.07) is 19.3. The highest BCUT2D eigenvalue weighted by molar-refractivity contribution is 6.13. The molecule has 57 heavy (non-hydrogen) atoms. The summed E-state index contributed by atoms with van der Waals surface area (Å²) in [5.74, 6) is -0.509. The van der Waals surface area contributed by atoms with Gasteiger partial charge in [0.2, 0.25) is 5.75 Å². The standard InChI is InChI=1S/C42H48N2O13/c1-42(2,3)56-41(48)57-44-18-10-13-33(32(23-44)43-39(46)30-21-35(51-6)38(54-25-50-5)36(22-30)52-7)55-40(47)27-16-14-26(15-17-27)37(45)31-19-28-11-8-9-12-29(28)20-34(31)53-24-49-4/h8-9,11-12,14-17,19-22,32-33H,10,13,18,23-25H2,1-7H3,(H,43,46)/t32-,33-/m1/s1. The summed E-state index contributed by atoms with van der Waals surface area (Å²) in [7, 11) is 5.80. The van der Waals surface area contributed by atoms with E-state index in [0.29, 0.717) is 29.7 Å². The summed E-state index contributed by atoms with van der Waals surface area (Å²) in [6.45, 7) is 5.23. The van der Waals surface area contributed by atoms with Gasteiger partial charge in [-0.2, -0.15) is 0 Å². The minimum atomic E-state index is -0.917. The second-order valence-corrected chi connectivity index (χ2v) is 14.0. The van der Waals surface area contributed by atoms with Crippen LogP contribution in [0.4, 0.5) is 4.79 Å². The van der Waals surface area contributed by atoms with E-state index in [0.717, 1.165) is 10.8 Å². The van der Waals surface area contributed by atoms with Gasteiger partial charge in [0.1, 0.15) is 17.5 Å². The number of methoxy groups -OCH3 is 4. The van der Waals surface area contributed by atoms with Crippen molar-refractivity contribution in [2.75, 3.05) is 55.1 Å². The third-order valence-corrected chi connectivity index (χ3v) is 8.76. The van der Waals surface area contributed by atoms with E-state index >= 15 is 0 Å². The Morgan fingerprint density at radius 3 is 1.98 bits per heavy atom. The number of nitrogens with zero attached hydrogens (tertiary/aromatic N) is 1. The van der Waals surface area contributed by atoms with Crippen LogP contribution in [0.25, 0.3) is 10.8 Å². The van der Waals surface area contributed by atoms with E-state index < -0.39 is 35.8 Å². The number of carbonyl (C=O) groups excluding carboxylic acids is 4. The molecule has 2 atom stereocenters. The Bertz CT molecular complexity index is 2020. The molecule has 1 amide bonds. The van der Waals surface area contributed by atoms with E-state index in [1.165, 1.54) is 69.9 Å². The number of nitrogens with one attached hydrogen (secondary N) is 1. The van der Waals surface area contributed by atoms with Gasteiger partial charge in [0, 0.05) is 31.9 Å². The van der Waals surface area contributed by atoms with Crippen molar-refractivity contribution in [2.24, 2.45) is 0 Å². The highest BCUT2D eigenvalue weighted by Crippen LogP contribution is 2.39. The van der Waals surface area contributed by atoms with Gasteiger partial charge in [-0.25, -0.2) is 9.59 Å². The average molecular weight is 789 g/mol. The van der Waals surface area contributed by atoms with Crippen LogP contribution in [0.2, 0.25) is 0 Å². The zero-order valence-electron chi connectivity index (χ0n) is 33.1. The van der Waals surface area contributed by atoms with Gasteiger partial charge in [-0.15, -0.1) is 5.06 Å². The van der Waals surface area contributed by atoms with Crippen molar-refractivity contribution in [3.63, 3.8) is 0 Å². The van der Waals surface area contributed by atoms with Gasteiger partial charge in [0.05, 0.1) is 37.9 Å². The predicted molar refractivity (Wildman–Crippen MR) is 207 cm³/mol. The molecule has 1 aliphatic rings. The Balaban J connectivity index is 1.37. The van der Waals surface area contributed by atoms with E-state index in [-0.39, 0.29) is 60.8 Å². The molecule has 0 unspecified atom stereocenters. The normalized spacial score (nSPS) is 15.8. The van der Waals surface area contributed by atoms with Gasteiger partial charge >= 0.3 is 12.1 Å². The third kappa shape index (κ3) is 11.1. The van der Waals surface area contributed by atoms with Crippen molar-refractivity contribution in [1.82, 2.24) is 10.4 Å². The number of amides is 1. The number of rotatable bonds is 15. The van der Waals surface area contributed by atoms with E-state index in [2.05, 4.69) is 5.32 Å². The van der Waals surface area contributed by atoms with E-state index in [4.69, 9.17) is 42.7 Å². The van der Waals surface area contributed by atoms with Gasteiger partial charge in [-0.05, 0) is 80.8 Å². The van der Waals surface area contributed by atoms with Crippen LogP contribution < -0.4 is 24.3 Å². The largest absolute Gasteiger partial charge is 0.528 e. The molecular weight excluding hydrogens is 740 g/mol. The van der Waals surface area contributed by atoms with Gasteiger partial charge in [-0.3, -0.25) is 9.59 Å². The molecule has 1 saturated heterocycles. The molecule has 1 aliphatic heterocycles. The molecule has 15 heteroatoms. The maximum absolute atomic E-state index is 13.9. The summed E-state index contributed by atoms with van der Waals surface area (Å²) in [5, 5.41) is 6.07. The molecule has 304 valence electrons. The molecule has 0 radical (unpaired) electrons.